The fourth-order valence-corrected chi connectivity index (χ4v) is 5.14. The van der Waals surface area contributed by atoms with Gasteiger partial charge in [-0.1, -0.05) is 35.3 Å². The number of benzene rings is 2. The summed E-state index contributed by atoms with van der Waals surface area (Å²) in [5, 5.41) is 1.82. The number of carbonyl (C=O) groups is 1. The van der Waals surface area contributed by atoms with Crippen LogP contribution in [0.1, 0.15) is 43.9 Å². The summed E-state index contributed by atoms with van der Waals surface area (Å²) in [6.45, 7) is 5.65. The molecule has 0 saturated carbocycles. The summed E-state index contributed by atoms with van der Waals surface area (Å²) < 4.78 is 6.00. The highest BCUT2D eigenvalue weighted by atomic mass is 35.5. The van der Waals surface area contributed by atoms with Crippen LogP contribution in [0.2, 0.25) is 10.0 Å². The van der Waals surface area contributed by atoms with Crippen LogP contribution in [-0.4, -0.2) is 10.9 Å². The van der Waals surface area contributed by atoms with E-state index in [9.17, 15) is 9.59 Å². The average Bonchev–Trinajstić information content (AvgIpc) is 3.20. The Labute approximate surface area is 191 Å². The first kappa shape index (κ1) is 20.2. The first-order valence-electron chi connectivity index (χ1n) is 9.56. The molecule has 2 aromatic heterocycles. The summed E-state index contributed by atoms with van der Waals surface area (Å²) in [7, 11) is 0. The molecule has 8 heteroatoms. The third kappa shape index (κ3) is 3.09. The molecular formula is C23H16Cl2N2O3S. The normalized spacial score (nSPS) is 15.7. The molecule has 0 spiro atoms. The summed E-state index contributed by atoms with van der Waals surface area (Å²) in [5.74, 6) is -0.380. The number of thiazole rings is 1. The van der Waals surface area contributed by atoms with Gasteiger partial charge in [0, 0.05) is 14.9 Å². The van der Waals surface area contributed by atoms with Crippen LogP contribution in [0, 0.1) is 20.8 Å². The van der Waals surface area contributed by atoms with E-state index in [4.69, 9.17) is 27.6 Å². The number of amides is 1. The Kier molecular flexibility index (Phi) is 4.70. The van der Waals surface area contributed by atoms with Crippen molar-refractivity contribution in [3.05, 3.63) is 89.7 Å². The molecule has 0 aliphatic carbocycles. The molecule has 0 N–H and O–H groups in total. The highest BCUT2D eigenvalue weighted by Gasteiger charge is 2.45. The quantitative estimate of drug-likeness (QED) is 0.348. The Hall–Kier alpha value is -2.67. The molecule has 5 rings (SSSR count). The molecule has 0 bridgehead atoms. The first-order chi connectivity index (χ1) is 14.8. The molecule has 1 atom stereocenters. The van der Waals surface area contributed by atoms with E-state index in [0.717, 1.165) is 16.1 Å². The zero-order valence-electron chi connectivity index (χ0n) is 16.8. The first-order valence-corrected chi connectivity index (χ1v) is 11.1. The van der Waals surface area contributed by atoms with Crippen LogP contribution in [0.3, 0.4) is 0 Å². The lowest BCUT2D eigenvalue weighted by Gasteiger charge is -2.22. The minimum Gasteiger partial charge on any atom is -0.450 e. The van der Waals surface area contributed by atoms with Crippen LogP contribution in [0.4, 0.5) is 5.13 Å². The summed E-state index contributed by atoms with van der Waals surface area (Å²) in [4.78, 5) is 34.2. The fraction of sp³-hybridized carbons (Fsp3) is 0.174. The number of hydrogen-bond donors (Lipinski definition) is 0. The van der Waals surface area contributed by atoms with Crippen molar-refractivity contribution in [1.29, 1.82) is 0 Å². The molecule has 5 nitrogen and oxygen atoms in total. The van der Waals surface area contributed by atoms with Crippen LogP contribution < -0.4 is 10.3 Å². The van der Waals surface area contributed by atoms with Crippen LogP contribution >= 0.6 is 34.5 Å². The predicted molar refractivity (Wildman–Crippen MR) is 124 cm³/mol. The zero-order valence-corrected chi connectivity index (χ0v) is 19.2. The van der Waals surface area contributed by atoms with Crippen LogP contribution in [0.25, 0.3) is 11.0 Å². The molecule has 1 unspecified atom stereocenters. The maximum atomic E-state index is 13.6. The standard InChI is InChI=1S/C23H16Cl2N2O3S/c1-10-7-17-15(9-16(10)25)20(28)18-19(13-5-4-6-14(24)8-13)27(22(29)21(18)30-17)23-26-11(2)12(3)31-23/h4-9,19H,1-3H3. The molecule has 0 radical (unpaired) electrons. The van der Waals surface area contributed by atoms with E-state index in [0.29, 0.717) is 31.7 Å². The highest BCUT2D eigenvalue weighted by Crippen LogP contribution is 2.43. The second kappa shape index (κ2) is 7.19. The van der Waals surface area contributed by atoms with Gasteiger partial charge in [0.2, 0.25) is 5.76 Å². The van der Waals surface area contributed by atoms with Crippen LogP contribution in [0.15, 0.2) is 45.6 Å². The molecule has 4 aromatic rings. The van der Waals surface area contributed by atoms with Gasteiger partial charge >= 0.3 is 0 Å². The number of rotatable bonds is 2. The topological polar surface area (TPSA) is 63.4 Å². The van der Waals surface area contributed by atoms with E-state index in [1.807, 2.05) is 26.8 Å². The number of nitrogens with zero attached hydrogens (tertiary/aromatic N) is 2. The van der Waals surface area contributed by atoms with E-state index in [2.05, 4.69) is 4.98 Å². The third-order valence-electron chi connectivity index (χ3n) is 5.54. The van der Waals surface area contributed by atoms with Gasteiger partial charge < -0.3 is 4.42 Å². The number of anilines is 1. The van der Waals surface area contributed by atoms with E-state index < -0.39 is 11.9 Å². The van der Waals surface area contributed by atoms with Gasteiger partial charge in [-0.2, -0.15) is 0 Å². The molecule has 1 amide bonds. The Balaban J connectivity index is 1.84. The third-order valence-corrected chi connectivity index (χ3v) is 7.25. The summed E-state index contributed by atoms with van der Waals surface area (Å²) in [5.41, 5.74) is 2.61. The number of hydrogen-bond acceptors (Lipinski definition) is 5. The summed E-state index contributed by atoms with van der Waals surface area (Å²) >= 11 is 13.9. The minimum atomic E-state index is -0.702. The lowest BCUT2D eigenvalue weighted by atomic mass is 9.98. The molecule has 3 heterocycles. The van der Waals surface area contributed by atoms with Crippen molar-refractivity contribution in [2.75, 3.05) is 4.90 Å². The van der Waals surface area contributed by atoms with Crippen molar-refractivity contribution in [2.24, 2.45) is 0 Å². The van der Waals surface area contributed by atoms with Gasteiger partial charge in [-0.25, -0.2) is 4.98 Å². The second-order valence-corrected chi connectivity index (χ2v) is 9.57. The number of aromatic nitrogens is 1. The van der Waals surface area contributed by atoms with Gasteiger partial charge in [0.15, 0.2) is 10.6 Å². The summed E-state index contributed by atoms with van der Waals surface area (Å²) in [6.07, 6.45) is 0. The zero-order chi connectivity index (χ0) is 22.0. The molecule has 2 aromatic carbocycles. The Morgan fingerprint density at radius 2 is 1.87 bits per heavy atom. The average molecular weight is 471 g/mol. The van der Waals surface area contributed by atoms with Gasteiger partial charge in [-0.05, 0) is 56.2 Å². The van der Waals surface area contributed by atoms with Gasteiger partial charge in [-0.3, -0.25) is 14.5 Å². The highest BCUT2D eigenvalue weighted by molar-refractivity contribution is 7.15. The molecule has 0 saturated heterocycles. The summed E-state index contributed by atoms with van der Waals surface area (Å²) in [6, 6.07) is 9.70. The molecule has 31 heavy (non-hydrogen) atoms. The maximum absolute atomic E-state index is 13.6. The minimum absolute atomic E-state index is 0.0229. The monoisotopic (exact) mass is 470 g/mol. The van der Waals surface area contributed by atoms with E-state index in [1.54, 1.807) is 30.3 Å². The van der Waals surface area contributed by atoms with Crippen molar-refractivity contribution < 1.29 is 9.21 Å². The van der Waals surface area contributed by atoms with Crippen molar-refractivity contribution in [3.63, 3.8) is 0 Å². The van der Waals surface area contributed by atoms with Crippen molar-refractivity contribution >= 4 is 56.5 Å². The number of halogens is 2. The lowest BCUT2D eigenvalue weighted by molar-refractivity contribution is 0.0971. The largest absolute Gasteiger partial charge is 0.450 e. The van der Waals surface area contributed by atoms with Crippen LogP contribution in [0.5, 0.6) is 0 Å². The SMILES string of the molecule is Cc1cc2oc3c(c(=O)c2cc1Cl)C(c1cccc(Cl)c1)N(c1nc(C)c(C)s1)C3=O. The van der Waals surface area contributed by atoms with Gasteiger partial charge in [0.1, 0.15) is 5.58 Å². The predicted octanol–water partition coefficient (Wildman–Crippen LogP) is 6.23. The van der Waals surface area contributed by atoms with Crippen molar-refractivity contribution in [2.45, 2.75) is 26.8 Å². The number of fused-ring (bicyclic) bond motifs is 2. The lowest BCUT2D eigenvalue weighted by Crippen LogP contribution is -2.29. The molecule has 1 aliphatic rings. The smallest absolute Gasteiger partial charge is 0.297 e. The number of aryl methyl sites for hydroxylation is 3. The fourth-order valence-electron chi connectivity index (χ4n) is 3.84. The van der Waals surface area contributed by atoms with Gasteiger partial charge in [0.05, 0.1) is 22.7 Å². The molecule has 156 valence electrons. The van der Waals surface area contributed by atoms with Crippen molar-refractivity contribution in [1.82, 2.24) is 4.98 Å². The van der Waals surface area contributed by atoms with E-state index in [-0.39, 0.29) is 16.8 Å². The molecule has 1 aliphatic heterocycles. The number of carbonyl (C=O) groups excluding carboxylic acids is 1. The Morgan fingerprint density at radius 1 is 1.10 bits per heavy atom. The Morgan fingerprint density at radius 3 is 2.55 bits per heavy atom. The maximum Gasteiger partial charge on any atom is 0.297 e. The molecule has 0 fully saturated rings. The molecular weight excluding hydrogens is 455 g/mol. The second-order valence-electron chi connectivity index (χ2n) is 7.54. The Bertz CT molecular complexity index is 1440. The van der Waals surface area contributed by atoms with E-state index >= 15 is 0 Å². The van der Waals surface area contributed by atoms with Crippen LogP contribution in [-0.2, 0) is 0 Å². The van der Waals surface area contributed by atoms with Gasteiger partial charge in [-0.15, -0.1) is 11.3 Å². The van der Waals surface area contributed by atoms with Gasteiger partial charge in [0.25, 0.3) is 5.91 Å². The van der Waals surface area contributed by atoms with E-state index in [1.165, 1.54) is 16.2 Å². The van der Waals surface area contributed by atoms with Crippen molar-refractivity contribution in [3.8, 4) is 0 Å².